The molecule has 0 fully saturated rings. The van der Waals surface area contributed by atoms with Crippen LogP contribution in [0.4, 0.5) is 0 Å². The molecule has 1 atom stereocenters. The largest absolute Gasteiger partial charge is 0.278 e. The van der Waals surface area contributed by atoms with Gasteiger partial charge in [0.05, 0.1) is 22.2 Å². The number of hydrogen-bond donors (Lipinski definition) is 0. The van der Waals surface area contributed by atoms with Crippen molar-refractivity contribution in [1.82, 2.24) is 14.5 Å². The highest BCUT2D eigenvalue weighted by atomic mass is 15.2. The summed E-state index contributed by atoms with van der Waals surface area (Å²) in [6, 6.07) is 38.7. The van der Waals surface area contributed by atoms with Gasteiger partial charge in [-0.1, -0.05) is 110 Å². The van der Waals surface area contributed by atoms with E-state index in [9.17, 15) is 0 Å². The van der Waals surface area contributed by atoms with E-state index < -0.39 is 0 Å². The maximum absolute atomic E-state index is 5.29. The van der Waals surface area contributed by atoms with Gasteiger partial charge >= 0.3 is 0 Å². The molecule has 1 unspecified atom stereocenters. The zero-order chi connectivity index (χ0) is 26.6. The molecule has 2 aromatic heterocycles. The van der Waals surface area contributed by atoms with Gasteiger partial charge in [0.1, 0.15) is 0 Å². The van der Waals surface area contributed by atoms with Crippen molar-refractivity contribution in [3.63, 3.8) is 0 Å². The summed E-state index contributed by atoms with van der Waals surface area (Å²) in [5.41, 5.74) is 7.89. The fourth-order valence-electron chi connectivity index (χ4n) is 6.26. The Kier molecular flexibility index (Phi) is 5.17. The molecule has 1 aliphatic rings. The molecular weight excluding hydrogens is 486 g/mol. The third kappa shape index (κ3) is 3.51. The summed E-state index contributed by atoms with van der Waals surface area (Å²) < 4.78 is 2.24. The van der Waals surface area contributed by atoms with Crippen LogP contribution in [0.15, 0.2) is 127 Å². The quantitative estimate of drug-likeness (QED) is 0.220. The lowest BCUT2D eigenvalue weighted by Crippen LogP contribution is -2.04. The number of para-hydroxylation sites is 1. The molecule has 1 aliphatic carbocycles. The van der Waals surface area contributed by atoms with Gasteiger partial charge in [0.2, 0.25) is 5.95 Å². The predicted molar refractivity (Wildman–Crippen MR) is 168 cm³/mol. The number of rotatable bonds is 3. The van der Waals surface area contributed by atoms with E-state index in [-0.39, 0.29) is 0 Å². The lowest BCUT2D eigenvalue weighted by atomic mass is 9.87. The summed E-state index contributed by atoms with van der Waals surface area (Å²) in [4.78, 5) is 10.6. The minimum absolute atomic E-state index is 0.501. The van der Waals surface area contributed by atoms with Crippen LogP contribution in [0.5, 0.6) is 0 Å². The highest BCUT2D eigenvalue weighted by molar-refractivity contribution is 6.12. The van der Waals surface area contributed by atoms with Crippen LogP contribution >= 0.6 is 0 Å². The van der Waals surface area contributed by atoms with E-state index in [1.165, 1.54) is 27.3 Å². The van der Waals surface area contributed by atoms with E-state index in [0.717, 1.165) is 45.0 Å². The Morgan fingerprint density at radius 3 is 2.30 bits per heavy atom. The third-order valence-electron chi connectivity index (χ3n) is 8.26. The number of hydrogen-bond acceptors (Lipinski definition) is 2. The topological polar surface area (TPSA) is 30.7 Å². The normalized spacial score (nSPS) is 15.3. The van der Waals surface area contributed by atoms with Crippen molar-refractivity contribution in [2.45, 2.75) is 13.3 Å². The van der Waals surface area contributed by atoms with Crippen LogP contribution in [-0.2, 0) is 0 Å². The molecule has 3 heteroatoms. The molecule has 7 aromatic rings. The number of aromatic nitrogens is 3. The van der Waals surface area contributed by atoms with E-state index in [2.05, 4.69) is 133 Å². The Labute approximate surface area is 232 Å². The summed E-state index contributed by atoms with van der Waals surface area (Å²) in [5.74, 6) is 1.19. The van der Waals surface area contributed by atoms with Crippen LogP contribution < -0.4 is 0 Å². The first-order valence-corrected chi connectivity index (χ1v) is 13.9. The Bertz CT molecular complexity index is 2150. The Balaban J connectivity index is 1.46. The molecule has 0 saturated heterocycles. The van der Waals surface area contributed by atoms with Crippen molar-refractivity contribution in [2.75, 3.05) is 0 Å². The minimum Gasteiger partial charge on any atom is -0.278 e. The molecule has 8 rings (SSSR count). The fraction of sp³-hybridized carbons (Fsp3) is 0.0811. The van der Waals surface area contributed by atoms with Gasteiger partial charge in [-0.25, -0.2) is 9.97 Å². The standard InChI is InChI=1S/C37H27N3/c1-24-11-5-7-15-28(24)27-20-22-34-32(23-27)30-17-9-10-18-33(30)40(34)37-38-35(26-13-3-2-4-14-26)31-21-19-25-12-6-8-16-29(25)36(31)39-37/h2-10,12-24H,11H2,1H3. The van der Waals surface area contributed by atoms with Gasteiger partial charge in [-0.2, -0.15) is 0 Å². The van der Waals surface area contributed by atoms with Crippen LogP contribution in [0.2, 0.25) is 0 Å². The number of nitrogens with zero attached hydrogens (tertiary/aromatic N) is 3. The smallest absolute Gasteiger partial charge is 0.235 e. The van der Waals surface area contributed by atoms with Crippen molar-refractivity contribution in [1.29, 1.82) is 0 Å². The van der Waals surface area contributed by atoms with Crippen LogP contribution in [0.1, 0.15) is 18.9 Å². The summed E-state index contributed by atoms with van der Waals surface area (Å²) in [5, 5.41) is 5.80. The van der Waals surface area contributed by atoms with E-state index >= 15 is 0 Å². The molecule has 40 heavy (non-hydrogen) atoms. The highest BCUT2D eigenvalue weighted by Crippen LogP contribution is 2.38. The first kappa shape index (κ1) is 22.9. The maximum atomic E-state index is 5.29. The fourth-order valence-corrected chi connectivity index (χ4v) is 6.26. The molecule has 190 valence electrons. The second-order valence-corrected chi connectivity index (χ2v) is 10.7. The van der Waals surface area contributed by atoms with Crippen LogP contribution in [0.25, 0.3) is 66.3 Å². The molecule has 3 nitrogen and oxygen atoms in total. The van der Waals surface area contributed by atoms with E-state index in [1.807, 2.05) is 6.07 Å². The monoisotopic (exact) mass is 513 g/mol. The van der Waals surface area contributed by atoms with Gasteiger partial charge in [-0.05, 0) is 53.1 Å². The second-order valence-electron chi connectivity index (χ2n) is 10.7. The van der Waals surface area contributed by atoms with E-state index in [1.54, 1.807) is 0 Å². The molecule has 0 N–H and O–H groups in total. The van der Waals surface area contributed by atoms with Crippen LogP contribution in [-0.4, -0.2) is 14.5 Å². The highest BCUT2D eigenvalue weighted by Gasteiger charge is 2.20. The van der Waals surface area contributed by atoms with Crippen molar-refractivity contribution >= 4 is 49.1 Å². The molecule has 0 radical (unpaired) electrons. The Morgan fingerprint density at radius 1 is 0.650 bits per heavy atom. The summed E-state index contributed by atoms with van der Waals surface area (Å²) in [7, 11) is 0. The molecular formula is C37H27N3. The lowest BCUT2D eigenvalue weighted by Gasteiger charge is -2.18. The molecule has 0 spiro atoms. The number of benzene rings is 5. The first-order chi connectivity index (χ1) is 19.8. The van der Waals surface area contributed by atoms with Crippen molar-refractivity contribution in [3.05, 3.63) is 133 Å². The molecule has 5 aromatic carbocycles. The lowest BCUT2D eigenvalue weighted by molar-refractivity contribution is 0.759. The van der Waals surface area contributed by atoms with Crippen LogP contribution in [0.3, 0.4) is 0 Å². The first-order valence-electron chi connectivity index (χ1n) is 13.9. The predicted octanol–water partition coefficient (Wildman–Crippen LogP) is 9.53. The Morgan fingerprint density at radius 2 is 1.43 bits per heavy atom. The SMILES string of the molecule is CC1CC=CC=C1c1ccc2c(c1)c1ccccc1n2-c1nc(-c2ccccc2)c2ccc3ccccc3c2n1. The van der Waals surface area contributed by atoms with Crippen molar-refractivity contribution in [3.8, 4) is 17.2 Å². The zero-order valence-electron chi connectivity index (χ0n) is 22.3. The van der Waals surface area contributed by atoms with Crippen molar-refractivity contribution in [2.24, 2.45) is 5.92 Å². The molecule has 0 amide bonds. The van der Waals surface area contributed by atoms with Gasteiger partial charge in [0.25, 0.3) is 0 Å². The van der Waals surface area contributed by atoms with Crippen LogP contribution in [0, 0.1) is 5.92 Å². The Hall–Kier alpha value is -5.02. The van der Waals surface area contributed by atoms with E-state index in [0.29, 0.717) is 11.9 Å². The average molecular weight is 514 g/mol. The minimum atomic E-state index is 0.501. The number of fused-ring (bicyclic) bond motifs is 6. The van der Waals surface area contributed by atoms with Crippen molar-refractivity contribution < 1.29 is 0 Å². The van der Waals surface area contributed by atoms with E-state index in [4.69, 9.17) is 9.97 Å². The number of allylic oxidation sites excluding steroid dienone is 4. The molecule has 0 bridgehead atoms. The van der Waals surface area contributed by atoms with Gasteiger partial charge in [0, 0.05) is 27.1 Å². The second kappa shape index (κ2) is 9.03. The van der Waals surface area contributed by atoms with Gasteiger partial charge in [-0.15, -0.1) is 0 Å². The third-order valence-corrected chi connectivity index (χ3v) is 8.26. The maximum Gasteiger partial charge on any atom is 0.235 e. The van der Waals surface area contributed by atoms with Gasteiger partial charge in [-0.3, -0.25) is 4.57 Å². The van der Waals surface area contributed by atoms with Gasteiger partial charge < -0.3 is 0 Å². The zero-order valence-corrected chi connectivity index (χ0v) is 22.3. The summed E-state index contributed by atoms with van der Waals surface area (Å²) in [6.07, 6.45) is 7.77. The summed E-state index contributed by atoms with van der Waals surface area (Å²) >= 11 is 0. The molecule has 0 aliphatic heterocycles. The molecule has 0 saturated carbocycles. The average Bonchev–Trinajstić information content (AvgIpc) is 3.35. The van der Waals surface area contributed by atoms with Gasteiger partial charge in [0.15, 0.2) is 0 Å². The molecule has 2 heterocycles. The summed E-state index contributed by atoms with van der Waals surface area (Å²) in [6.45, 7) is 2.31.